The largest absolute Gasteiger partial charge is 0.206 e. The summed E-state index contributed by atoms with van der Waals surface area (Å²) in [7, 11) is 0. The number of allylic oxidation sites excluding steroid dienone is 8. The minimum absolute atomic E-state index is 0.152. The van der Waals surface area contributed by atoms with E-state index < -0.39 is 0 Å². The maximum absolute atomic E-state index is 14.7. The van der Waals surface area contributed by atoms with Crippen molar-refractivity contribution < 1.29 is 4.39 Å². The second kappa shape index (κ2) is 6.09. The molecule has 1 heteroatoms. The molecule has 24 heavy (non-hydrogen) atoms. The van der Waals surface area contributed by atoms with E-state index in [4.69, 9.17) is 0 Å². The first-order valence-corrected chi connectivity index (χ1v) is 8.34. The Bertz CT molecular complexity index is 895. The van der Waals surface area contributed by atoms with Crippen LogP contribution in [0.1, 0.15) is 24.8 Å². The molecular formula is C23H19F. The van der Waals surface area contributed by atoms with Crippen LogP contribution >= 0.6 is 0 Å². The summed E-state index contributed by atoms with van der Waals surface area (Å²) in [6.07, 6.45) is 11.8. The Balaban J connectivity index is 1.73. The lowest BCUT2D eigenvalue weighted by molar-refractivity contribution is 0.626. The summed E-state index contributed by atoms with van der Waals surface area (Å²) in [5, 5.41) is 0. The van der Waals surface area contributed by atoms with E-state index in [0.29, 0.717) is 5.56 Å². The van der Waals surface area contributed by atoms with E-state index in [1.807, 2.05) is 36.4 Å². The zero-order valence-corrected chi connectivity index (χ0v) is 13.7. The molecule has 0 aromatic heterocycles. The summed E-state index contributed by atoms with van der Waals surface area (Å²) in [6.45, 7) is 2.11. The molecule has 0 nitrogen and oxygen atoms in total. The van der Waals surface area contributed by atoms with Gasteiger partial charge in [0.25, 0.3) is 0 Å². The van der Waals surface area contributed by atoms with E-state index in [1.165, 1.54) is 16.7 Å². The molecule has 0 saturated carbocycles. The maximum atomic E-state index is 14.7. The van der Waals surface area contributed by atoms with Gasteiger partial charge in [-0.2, -0.15) is 0 Å². The topological polar surface area (TPSA) is 0 Å². The zero-order chi connectivity index (χ0) is 16.5. The molecule has 0 heterocycles. The highest BCUT2D eigenvalue weighted by Crippen LogP contribution is 2.40. The fraction of sp³-hybridized carbons (Fsp3) is 0.130. The van der Waals surface area contributed by atoms with Gasteiger partial charge in [-0.25, -0.2) is 4.39 Å². The second-order valence-corrected chi connectivity index (χ2v) is 6.43. The molecule has 0 amide bonds. The molecule has 4 rings (SSSR count). The van der Waals surface area contributed by atoms with Gasteiger partial charge in [-0.3, -0.25) is 0 Å². The van der Waals surface area contributed by atoms with Gasteiger partial charge in [0.15, 0.2) is 0 Å². The van der Waals surface area contributed by atoms with E-state index in [-0.39, 0.29) is 11.7 Å². The van der Waals surface area contributed by atoms with Gasteiger partial charge in [0, 0.05) is 11.5 Å². The Morgan fingerprint density at radius 1 is 1.00 bits per heavy atom. The van der Waals surface area contributed by atoms with Crippen molar-refractivity contribution in [1.82, 2.24) is 0 Å². The van der Waals surface area contributed by atoms with Crippen LogP contribution in [0, 0.1) is 5.82 Å². The van der Waals surface area contributed by atoms with Gasteiger partial charge < -0.3 is 0 Å². The molecule has 0 saturated heterocycles. The van der Waals surface area contributed by atoms with E-state index in [9.17, 15) is 4.39 Å². The molecule has 0 N–H and O–H groups in total. The van der Waals surface area contributed by atoms with E-state index in [0.717, 1.165) is 17.5 Å². The molecule has 0 spiro atoms. The van der Waals surface area contributed by atoms with Crippen molar-refractivity contribution in [2.45, 2.75) is 19.3 Å². The minimum atomic E-state index is -0.152. The van der Waals surface area contributed by atoms with Gasteiger partial charge >= 0.3 is 0 Å². The summed E-state index contributed by atoms with van der Waals surface area (Å²) < 4.78 is 14.7. The third kappa shape index (κ3) is 2.67. The predicted molar refractivity (Wildman–Crippen MR) is 98.3 cm³/mol. The lowest BCUT2D eigenvalue weighted by Crippen LogP contribution is -2.02. The molecule has 0 aliphatic heterocycles. The predicted octanol–water partition coefficient (Wildman–Crippen LogP) is 6.35. The van der Waals surface area contributed by atoms with E-state index in [2.05, 4.69) is 43.4 Å². The summed E-state index contributed by atoms with van der Waals surface area (Å²) in [4.78, 5) is 0. The van der Waals surface area contributed by atoms with Gasteiger partial charge in [0.2, 0.25) is 0 Å². The number of halogens is 1. The van der Waals surface area contributed by atoms with Crippen LogP contribution < -0.4 is 0 Å². The minimum Gasteiger partial charge on any atom is -0.206 e. The van der Waals surface area contributed by atoms with Crippen LogP contribution in [0.4, 0.5) is 4.39 Å². The van der Waals surface area contributed by atoms with Gasteiger partial charge in [-0.15, -0.1) is 0 Å². The van der Waals surface area contributed by atoms with E-state index in [1.54, 1.807) is 6.07 Å². The van der Waals surface area contributed by atoms with Gasteiger partial charge in [0.1, 0.15) is 5.82 Å². The van der Waals surface area contributed by atoms with Crippen molar-refractivity contribution in [3.8, 4) is 11.1 Å². The van der Waals surface area contributed by atoms with Crippen LogP contribution in [0.2, 0.25) is 0 Å². The molecule has 0 bridgehead atoms. The molecule has 118 valence electrons. The summed E-state index contributed by atoms with van der Waals surface area (Å²) in [5.41, 5.74) is 6.43. The Kier molecular flexibility index (Phi) is 3.78. The Morgan fingerprint density at radius 3 is 2.62 bits per heavy atom. The normalized spacial score (nSPS) is 19.2. The molecule has 2 aliphatic rings. The van der Waals surface area contributed by atoms with Gasteiger partial charge in [-0.1, -0.05) is 78.4 Å². The average Bonchev–Trinajstić information content (AvgIpc) is 2.85. The van der Waals surface area contributed by atoms with Crippen molar-refractivity contribution in [3.63, 3.8) is 0 Å². The highest BCUT2D eigenvalue weighted by atomic mass is 19.1. The molecular weight excluding hydrogens is 295 g/mol. The number of hydrogen-bond donors (Lipinski definition) is 0. The first-order chi connectivity index (χ1) is 11.7. The van der Waals surface area contributed by atoms with Gasteiger partial charge in [0.05, 0.1) is 0 Å². The first kappa shape index (κ1) is 14.9. The van der Waals surface area contributed by atoms with E-state index >= 15 is 0 Å². The summed E-state index contributed by atoms with van der Waals surface area (Å²) >= 11 is 0. The Morgan fingerprint density at radius 2 is 1.83 bits per heavy atom. The summed E-state index contributed by atoms with van der Waals surface area (Å²) in [5.74, 6) is 0.0590. The maximum Gasteiger partial charge on any atom is 0.131 e. The molecule has 2 aliphatic carbocycles. The van der Waals surface area contributed by atoms with Crippen LogP contribution in [0.15, 0.2) is 95.6 Å². The fourth-order valence-electron chi connectivity index (χ4n) is 3.57. The third-order valence-corrected chi connectivity index (χ3v) is 4.74. The smallest absolute Gasteiger partial charge is 0.131 e. The lowest BCUT2D eigenvalue weighted by Gasteiger charge is -2.18. The average molecular weight is 314 g/mol. The number of rotatable bonds is 2. The van der Waals surface area contributed by atoms with Crippen LogP contribution in [0.3, 0.4) is 0 Å². The first-order valence-electron chi connectivity index (χ1n) is 8.34. The van der Waals surface area contributed by atoms with Crippen molar-refractivity contribution in [3.05, 3.63) is 107 Å². The van der Waals surface area contributed by atoms with Crippen LogP contribution in [-0.2, 0) is 0 Å². The Labute approximate surface area is 142 Å². The Hall–Kier alpha value is -2.67. The van der Waals surface area contributed by atoms with Crippen LogP contribution in [0.25, 0.3) is 11.1 Å². The number of fused-ring (bicyclic) bond motifs is 1. The number of hydrogen-bond acceptors (Lipinski definition) is 0. The third-order valence-electron chi connectivity index (χ3n) is 4.74. The van der Waals surface area contributed by atoms with Crippen molar-refractivity contribution in [2.75, 3.05) is 0 Å². The second-order valence-electron chi connectivity index (χ2n) is 6.43. The fourth-order valence-corrected chi connectivity index (χ4v) is 3.57. The molecule has 2 aromatic carbocycles. The summed E-state index contributed by atoms with van der Waals surface area (Å²) in [6, 6.07) is 15.4. The van der Waals surface area contributed by atoms with Gasteiger partial charge in [-0.05, 0) is 41.7 Å². The quantitative estimate of drug-likeness (QED) is 0.606. The molecule has 1 unspecified atom stereocenters. The van der Waals surface area contributed by atoms with Crippen LogP contribution in [0.5, 0.6) is 0 Å². The van der Waals surface area contributed by atoms with Crippen molar-refractivity contribution in [1.29, 1.82) is 0 Å². The molecule has 0 radical (unpaired) electrons. The molecule has 2 aromatic rings. The van der Waals surface area contributed by atoms with Crippen LogP contribution in [-0.4, -0.2) is 0 Å². The highest BCUT2D eigenvalue weighted by molar-refractivity contribution is 5.65. The SMILES string of the molecule is CC1=CC2=CC=CCC(c3ccc(-c4ccccc4)c(F)c3)C2=C1. The highest BCUT2D eigenvalue weighted by Gasteiger charge is 2.23. The lowest BCUT2D eigenvalue weighted by atomic mass is 9.85. The molecule has 1 atom stereocenters. The monoisotopic (exact) mass is 314 g/mol. The van der Waals surface area contributed by atoms with Crippen molar-refractivity contribution in [2.24, 2.45) is 0 Å². The van der Waals surface area contributed by atoms with Crippen molar-refractivity contribution >= 4 is 0 Å². The standard InChI is InChI=1S/C23H19F/c1-16-13-18-9-5-6-10-20(22(18)14-16)19-11-12-21(23(24)15-19)17-7-3-2-4-8-17/h2-9,11-15,20H,10H2,1H3. The number of benzene rings is 2. The molecule has 0 fully saturated rings. The zero-order valence-electron chi connectivity index (χ0n) is 13.7.